The van der Waals surface area contributed by atoms with Gasteiger partial charge in [0.05, 0.1) is 16.3 Å². The van der Waals surface area contributed by atoms with Crippen molar-refractivity contribution in [3.63, 3.8) is 0 Å². The minimum Gasteiger partial charge on any atom is -0.401 e. The Morgan fingerprint density at radius 1 is 1.34 bits per heavy atom. The first-order valence-corrected chi connectivity index (χ1v) is 12.0. The summed E-state index contributed by atoms with van der Waals surface area (Å²) in [6.45, 7) is 5.45. The third kappa shape index (κ3) is 4.59. The summed E-state index contributed by atoms with van der Waals surface area (Å²) in [4.78, 5) is 20.1. The monoisotopic (exact) mass is 463 g/mol. The standard InChI is InChI=1S/C23H31F2N5OS/c1-13(2)20(30(27)12-16(26)14-6-7-14)22(31)29-10-4-5-18(29)21-28-17-11-15(23(3,24)25)8-9-19(17)32-21/h8-9,11-14,18,20H,4-7,10,26-27H2,1-3H3/b16-12-. The van der Waals surface area contributed by atoms with Crippen LogP contribution in [0.4, 0.5) is 8.78 Å². The fourth-order valence-corrected chi connectivity index (χ4v) is 5.45. The molecule has 0 radical (unpaired) electrons. The molecular formula is C23H31F2N5OS. The van der Waals surface area contributed by atoms with Gasteiger partial charge in [-0.25, -0.2) is 19.6 Å². The molecule has 2 unspecified atom stereocenters. The molecule has 9 heteroatoms. The van der Waals surface area contributed by atoms with E-state index in [0.717, 1.165) is 48.0 Å². The SMILES string of the molecule is CC(C)C(C(=O)N1CCCC1c1nc2cc(C(C)(F)F)ccc2s1)N(N)/C=C(\N)C1CC1. The van der Waals surface area contributed by atoms with Crippen molar-refractivity contribution in [3.8, 4) is 0 Å². The van der Waals surface area contributed by atoms with Gasteiger partial charge in [0.2, 0.25) is 5.91 Å². The Morgan fingerprint density at radius 2 is 2.06 bits per heavy atom. The third-order valence-electron chi connectivity index (χ3n) is 6.28. The topological polar surface area (TPSA) is 88.5 Å². The van der Waals surface area contributed by atoms with Gasteiger partial charge in [-0.05, 0) is 43.7 Å². The molecule has 6 nitrogen and oxygen atoms in total. The third-order valence-corrected chi connectivity index (χ3v) is 7.42. The summed E-state index contributed by atoms with van der Waals surface area (Å²) in [7, 11) is 0. The number of nitrogens with two attached hydrogens (primary N) is 2. The van der Waals surface area contributed by atoms with Crippen LogP contribution in [-0.4, -0.2) is 33.4 Å². The number of carbonyl (C=O) groups is 1. The van der Waals surface area contributed by atoms with Crippen LogP contribution >= 0.6 is 11.3 Å². The van der Waals surface area contributed by atoms with Gasteiger partial charge in [0, 0.05) is 36.8 Å². The Kier molecular flexibility index (Phi) is 6.15. The fourth-order valence-electron chi connectivity index (χ4n) is 4.35. The van der Waals surface area contributed by atoms with Gasteiger partial charge in [-0.15, -0.1) is 11.3 Å². The number of hydrogen-bond donors (Lipinski definition) is 2. The van der Waals surface area contributed by atoms with Gasteiger partial charge in [-0.2, -0.15) is 0 Å². The molecule has 2 atom stereocenters. The van der Waals surface area contributed by atoms with Gasteiger partial charge in [0.25, 0.3) is 5.92 Å². The van der Waals surface area contributed by atoms with E-state index in [-0.39, 0.29) is 23.4 Å². The summed E-state index contributed by atoms with van der Waals surface area (Å²) in [6.07, 6.45) is 5.48. The van der Waals surface area contributed by atoms with E-state index in [1.807, 2.05) is 18.7 Å². The number of thiazole rings is 1. The average Bonchev–Trinajstić information content (AvgIpc) is 3.29. The van der Waals surface area contributed by atoms with Crippen LogP contribution < -0.4 is 11.6 Å². The van der Waals surface area contributed by atoms with Crippen LogP contribution in [0, 0.1) is 11.8 Å². The van der Waals surface area contributed by atoms with Crippen LogP contribution in [0.2, 0.25) is 0 Å². The van der Waals surface area contributed by atoms with Gasteiger partial charge in [0.15, 0.2) is 0 Å². The Hall–Kier alpha value is -2.26. The summed E-state index contributed by atoms with van der Waals surface area (Å²) < 4.78 is 28.3. The molecule has 4 rings (SSSR count). The molecule has 2 fully saturated rings. The van der Waals surface area contributed by atoms with Gasteiger partial charge < -0.3 is 15.6 Å². The van der Waals surface area contributed by atoms with Crippen LogP contribution in [0.5, 0.6) is 0 Å². The molecule has 1 aromatic heterocycles. The zero-order chi connectivity index (χ0) is 23.2. The number of halogens is 2. The number of amides is 1. The molecule has 174 valence electrons. The maximum absolute atomic E-state index is 13.7. The van der Waals surface area contributed by atoms with E-state index in [1.54, 1.807) is 12.3 Å². The molecule has 1 saturated carbocycles. The van der Waals surface area contributed by atoms with Crippen molar-refractivity contribution in [2.75, 3.05) is 6.54 Å². The van der Waals surface area contributed by atoms with Crippen LogP contribution in [0.1, 0.15) is 63.1 Å². The average molecular weight is 464 g/mol. The Labute approximate surface area is 191 Å². The lowest BCUT2D eigenvalue weighted by molar-refractivity contribution is -0.138. The lowest BCUT2D eigenvalue weighted by Gasteiger charge is -2.34. The van der Waals surface area contributed by atoms with Crippen molar-refractivity contribution in [2.45, 2.75) is 64.5 Å². The number of benzene rings is 1. The molecule has 2 aliphatic rings. The summed E-state index contributed by atoms with van der Waals surface area (Å²) in [5, 5.41) is 2.24. The second-order valence-corrected chi connectivity index (χ2v) is 10.4. The second kappa shape index (κ2) is 8.59. The van der Waals surface area contributed by atoms with E-state index >= 15 is 0 Å². The van der Waals surface area contributed by atoms with E-state index in [1.165, 1.54) is 28.5 Å². The summed E-state index contributed by atoms with van der Waals surface area (Å²) in [5.74, 6) is 3.69. The molecular weight excluding hydrogens is 432 g/mol. The molecule has 1 aromatic carbocycles. The number of fused-ring (bicyclic) bond motifs is 1. The van der Waals surface area contributed by atoms with Crippen molar-refractivity contribution in [1.82, 2.24) is 14.9 Å². The maximum atomic E-state index is 13.7. The number of aromatic nitrogens is 1. The first-order chi connectivity index (χ1) is 15.1. The zero-order valence-electron chi connectivity index (χ0n) is 18.7. The van der Waals surface area contributed by atoms with Crippen molar-refractivity contribution >= 4 is 27.5 Å². The predicted octanol–water partition coefficient (Wildman–Crippen LogP) is 4.48. The number of carbonyl (C=O) groups excluding carboxylic acids is 1. The van der Waals surface area contributed by atoms with E-state index < -0.39 is 12.0 Å². The lowest BCUT2D eigenvalue weighted by atomic mass is 10.0. The van der Waals surface area contributed by atoms with Crippen LogP contribution in [0.15, 0.2) is 30.1 Å². The summed E-state index contributed by atoms with van der Waals surface area (Å²) >= 11 is 1.46. The minimum atomic E-state index is -2.92. The molecule has 0 bridgehead atoms. The summed E-state index contributed by atoms with van der Waals surface area (Å²) in [5.41, 5.74) is 7.34. The van der Waals surface area contributed by atoms with Crippen molar-refractivity contribution in [2.24, 2.45) is 23.4 Å². The first kappa shape index (κ1) is 22.9. The van der Waals surface area contributed by atoms with Gasteiger partial charge in [0.1, 0.15) is 11.0 Å². The van der Waals surface area contributed by atoms with Gasteiger partial charge in [-0.3, -0.25) is 4.79 Å². The Balaban J connectivity index is 1.59. The fraction of sp³-hybridized carbons (Fsp3) is 0.565. The van der Waals surface area contributed by atoms with E-state index in [2.05, 4.69) is 4.98 Å². The zero-order valence-corrected chi connectivity index (χ0v) is 19.5. The Bertz CT molecular complexity index is 1030. The highest BCUT2D eigenvalue weighted by molar-refractivity contribution is 7.18. The van der Waals surface area contributed by atoms with Crippen molar-refractivity contribution in [3.05, 3.63) is 40.7 Å². The number of nitrogens with zero attached hydrogens (tertiary/aromatic N) is 3. The highest BCUT2D eigenvalue weighted by Crippen LogP contribution is 2.39. The Morgan fingerprint density at radius 3 is 2.69 bits per heavy atom. The van der Waals surface area contributed by atoms with Crippen LogP contribution in [0.25, 0.3) is 10.2 Å². The van der Waals surface area contributed by atoms with Crippen molar-refractivity contribution in [1.29, 1.82) is 0 Å². The quantitative estimate of drug-likeness (QED) is 0.467. The minimum absolute atomic E-state index is 0.0123. The van der Waals surface area contributed by atoms with Crippen molar-refractivity contribution < 1.29 is 13.6 Å². The molecule has 0 spiro atoms. The van der Waals surface area contributed by atoms with Gasteiger partial charge in [-0.1, -0.05) is 19.9 Å². The molecule has 2 heterocycles. The summed E-state index contributed by atoms with van der Waals surface area (Å²) in [6, 6.07) is 3.87. The van der Waals surface area contributed by atoms with Crippen LogP contribution in [-0.2, 0) is 10.7 Å². The van der Waals surface area contributed by atoms with E-state index in [9.17, 15) is 13.6 Å². The van der Waals surface area contributed by atoms with E-state index in [4.69, 9.17) is 11.6 Å². The first-order valence-electron chi connectivity index (χ1n) is 11.2. The van der Waals surface area contributed by atoms with Gasteiger partial charge >= 0.3 is 0 Å². The molecule has 1 aliphatic carbocycles. The smallest absolute Gasteiger partial charge is 0.270 e. The largest absolute Gasteiger partial charge is 0.401 e. The normalized spacial score (nSPS) is 20.9. The second-order valence-electron chi connectivity index (χ2n) is 9.35. The molecule has 1 aliphatic heterocycles. The number of hydrogen-bond acceptors (Lipinski definition) is 6. The number of hydrazine groups is 1. The molecule has 32 heavy (non-hydrogen) atoms. The number of rotatable bonds is 7. The molecule has 4 N–H and O–H groups in total. The number of alkyl halides is 2. The van der Waals surface area contributed by atoms with E-state index in [0.29, 0.717) is 18.0 Å². The molecule has 2 aromatic rings. The van der Waals surface area contributed by atoms with Crippen LogP contribution in [0.3, 0.4) is 0 Å². The maximum Gasteiger partial charge on any atom is 0.270 e. The molecule has 1 saturated heterocycles. The predicted molar refractivity (Wildman–Crippen MR) is 123 cm³/mol. The lowest BCUT2D eigenvalue weighted by Crippen LogP contribution is -2.52. The highest BCUT2D eigenvalue weighted by atomic mass is 32.1. The molecule has 1 amide bonds. The number of allylic oxidation sites excluding steroid dienone is 1. The highest BCUT2D eigenvalue weighted by Gasteiger charge is 2.39. The number of likely N-dealkylation sites (tertiary alicyclic amines) is 1.